The number of aryl methyl sites for hydroxylation is 1. The molecule has 0 saturated heterocycles. The van der Waals surface area contributed by atoms with Gasteiger partial charge in [0.15, 0.2) is 0 Å². The fourth-order valence-electron chi connectivity index (χ4n) is 2.37. The molecule has 1 aliphatic heterocycles. The standard InChI is InChI=1S/C12H10BrNO/c13-10-1-2-11-9(5-10)6-12-8(7-15)3-4-14(11)12/h1-2,5-8H,3-4H2. The highest BCUT2D eigenvalue weighted by molar-refractivity contribution is 9.10. The van der Waals surface area contributed by atoms with E-state index >= 15 is 0 Å². The van der Waals surface area contributed by atoms with Gasteiger partial charge in [0, 0.05) is 27.6 Å². The normalized spacial score (nSPS) is 19.4. The fourth-order valence-corrected chi connectivity index (χ4v) is 2.75. The molecule has 0 N–H and O–H groups in total. The molecule has 0 bridgehead atoms. The van der Waals surface area contributed by atoms with E-state index in [1.165, 1.54) is 10.9 Å². The van der Waals surface area contributed by atoms with E-state index in [-0.39, 0.29) is 5.92 Å². The number of nitrogens with zero attached hydrogens (tertiary/aromatic N) is 1. The van der Waals surface area contributed by atoms with Gasteiger partial charge in [0.05, 0.1) is 5.92 Å². The zero-order valence-electron chi connectivity index (χ0n) is 8.11. The van der Waals surface area contributed by atoms with Crippen molar-refractivity contribution in [3.05, 3.63) is 34.4 Å². The van der Waals surface area contributed by atoms with E-state index in [0.29, 0.717) is 0 Å². The number of aldehydes is 1. The molecule has 0 amide bonds. The number of benzene rings is 1. The van der Waals surface area contributed by atoms with Gasteiger partial charge in [-0.25, -0.2) is 0 Å². The van der Waals surface area contributed by atoms with Crippen molar-refractivity contribution in [3.8, 4) is 0 Å². The SMILES string of the molecule is O=CC1CCn2c1cc1cc(Br)ccc12. The monoisotopic (exact) mass is 263 g/mol. The van der Waals surface area contributed by atoms with Crippen LogP contribution in [0.1, 0.15) is 18.0 Å². The molecule has 3 heteroatoms. The van der Waals surface area contributed by atoms with E-state index in [1.807, 2.05) is 6.07 Å². The lowest BCUT2D eigenvalue weighted by atomic mass is 10.1. The van der Waals surface area contributed by atoms with Gasteiger partial charge < -0.3 is 9.36 Å². The molecule has 2 heterocycles. The Bertz CT molecular complexity index is 544. The van der Waals surface area contributed by atoms with Crippen LogP contribution in [0.5, 0.6) is 0 Å². The molecule has 76 valence electrons. The van der Waals surface area contributed by atoms with Crippen LogP contribution in [0, 0.1) is 0 Å². The molecular formula is C12H10BrNO. The summed E-state index contributed by atoms with van der Waals surface area (Å²) in [6.45, 7) is 0.962. The van der Waals surface area contributed by atoms with Crippen LogP contribution in [0.2, 0.25) is 0 Å². The van der Waals surface area contributed by atoms with Crippen LogP contribution in [0.25, 0.3) is 10.9 Å². The molecule has 0 radical (unpaired) electrons. The first-order chi connectivity index (χ1) is 7.29. The number of hydrogen-bond acceptors (Lipinski definition) is 1. The van der Waals surface area contributed by atoms with Crippen LogP contribution in [-0.2, 0) is 11.3 Å². The third kappa shape index (κ3) is 1.26. The van der Waals surface area contributed by atoms with Crippen LogP contribution in [0.3, 0.4) is 0 Å². The van der Waals surface area contributed by atoms with Crippen molar-refractivity contribution < 1.29 is 4.79 Å². The minimum Gasteiger partial charge on any atom is -0.344 e. The van der Waals surface area contributed by atoms with Gasteiger partial charge in [0.2, 0.25) is 0 Å². The molecule has 0 saturated carbocycles. The number of carbonyl (C=O) groups is 1. The highest BCUT2D eigenvalue weighted by Gasteiger charge is 2.23. The predicted octanol–water partition coefficient (Wildman–Crippen LogP) is 3.09. The van der Waals surface area contributed by atoms with E-state index < -0.39 is 0 Å². The third-order valence-electron chi connectivity index (χ3n) is 3.10. The summed E-state index contributed by atoms with van der Waals surface area (Å²) in [6.07, 6.45) is 2.01. The summed E-state index contributed by atoms with van der Waals surface area (Å²) < 4.78 is 3.34. The van der Waals surface area contributed by atoms with Crippen LogP contribution in [0.15, 0.2) is 28.7 Å². The molecular weight excluding hydrogens is 254 g/mol. The second-order valence-corrected chi connectivity index (χ2v) is 4.87. The Kier molecular flexibility index (Phi) is 1.96. The van der Waals surface area contributed by atoms with Crippen LogP contribution < -0.4 is 0 Å². The minimum atomic E-state index is 0.0937. The molecule has 0 spiro atoms. The molecule has 1 aliphatic rings. The zero-order chi connectivity index (χ0) is 10.4. The average Bonchev–Trinajstić information content (AvgIpc) is 2.74. The van der Waals surface area contributed by atoms with Crippen molar-refractivity contribution in [2.24, 2.45) is 0 Å². The number of halogens is 1. The van der Waals surface area contributed by atoms with E-state index in [1.54, 1.807) is 0 Å². The lowest BCUT2D eigenvalue weighted by Gasteiger charge is -1.99. The van der Waals surface area contributed by atoms with Gasteiger partial charge in [-0.15, -0.1) is 0 Å². The first kappa shape index (κ1) is 9.16. The number of fused-ring (bicyclic) bond motifs is 3. The third-order valence-corrected chi connectivity index (χ3v) is 3.60. The quantitative estimate of drug-likeness (QED) is 0.725. The summed E-state index contributed by atoms with van der Waals surface area (Å²) in [5, 5.41) is 1.21. The van der Waals surface area contributed by atoms with Gasteiger partial charge in [-0.1, -0.05) is 15.9 Å². The van der Waals surface area contributed by atoms with Crippen molar-refractivity contribution in [2.45, 2.75) is 18.9 Å². The molecule has 0 aliphatic carbocycles. The van der Waals surface area contributed by atoms with E-state index in [2.05, 4.69) is 38.7 Å². The Morgan fingerprint density at radius 3 is 3.07 bits per heavy atom. The van der Waals surface area contributed by atoms with Gasteiger partial charge in [0.25, 0.3) is 0 Å². The van der Waals surface area contributed by atoms with Crippen molar-refractivity contribution >= 4 is 33.1 Å². The zero-order valence-corrected chi connectivity index (χ0v) is 9.70. The lowest BCUT2D eigenvalue weighted by molar-refractivity contribution is -0.109. The molecule has 15 heavy (non-hydrogen) atoms. The van der Waals surface area contributed by atoms with Gasteiger partial charge in [0.1, 0.15) is 6.29 Å². The first-order valence-electron chi connectivity index (χ1n) is 5.03. The van der Waals surface area contributed by atoms with Crippen molar-refractivity contribution in [1.82, 2.24) is 4.57 Å². The Balaban J connectivity index is 2.29. The largest absolute Gasteiger partial charge is 0.344 e. The van der Waals surface area contributed by atoms with Gasteiger partial charge in [-0.3, -0.25) is 0 Å². The summed E-state index contributed by atoms with van der Waals surface area (Å²) in [5.41, 5.74) is 2.40. The Morgan fingerprint density at radius 1 is 1.40 bits per heavy atom. The average molecular weight is 264 g/mol. The first-order valence-corrected chi connectivity index (χ1v) is 5.83. The molecule has 1 aromatic heterocycles. The smallest absolute Gasteiger partial charge is 0.129 e. The number of rotatable bonds is 1. The summed E-state index contributed by atoms with van der Waals surface area (Å²) in [6, 6.07) is 8.38. The number of aromatic nitrogens is 1. The van der Waals surface area contributed by atoms with Gasteiger partial charge in [-0.2, -0.15) is 0 Å². The molecule has 2 nitrogen and oxygen atoms in total. The van der Waals surface area contributed by atoms with Crippen LogP contribution in [-0.4, -0.2) is 10.9 Å². The topological polar surface area (TPSA) is 22.0 Å². The maximum Gasteiger partial charge on any atom is 0.129 e. The molecule has 3 rings (SSSR count). The molecule has 1 atom stereocenters. The van der Waals surface area contributed by atoms with Crippen molar-refractivity contribution in [3.63, 3.8) is 0 Å². The van der Waals surface area contributed by atoms with Crippen LogP contribution >= 0.6 is 15.9 Å². The molecule has 1 aromatic carbocycles. The van der Waals surface area contributed by atoms with Gasteiger partial charge >= 0.3 is 0 Å². The molecule has 1 unspecified atom stereocenters. The fraction of sp³-hybridized carbons (Fsp3) is 0.250. The number of hydrogen-bond donors (Lipinski definition) is 0. The second kappa shape index (κ2) is 3.20. The summed E-state index contributed by atoms with van der Waals surface area (Å²) >= 11 is 3.46. The predicted molar refractivity (Wildman–Crippen MR) is 63.1 cm³/mol. The minimum absolute atomic E-state index is 0.0937. The molecule has 0 fully saturated rings. The van der Waals surface area contributed by atoms with Crippen molar-refractivity contribution in [2.75, 3.05) is 0 Å². The summed E-state index contributed by atoms with van der Waals surface area (Å²) in [7, 11) is 0. The Labute approximate surface area is 96.0 Å². The highest BCUT2D eigenvalue weighted by atomic mass is 79.9. The highest BCUT2D eigenvalue weighted by Crippen LogP contribution is 2.33. The second-order valence-electron chi connectivity index (χ2n) is 3.96. The lowest BCUT2D eigenvalue weighted by Crippen LogP contribution is -1.93. The summed E-state index contributed by atoms with van der Waals surface area (Å²) in [5.74, 6) is 0.0937. The maximum absolute atomic E-state index is 10.9. The van der Waals surface area contributed by atoms with Crippen LogP contribution in [0.4, 0.5) is 0 Å². The van der Waals surface area contributed by atoms with E-state index in [9.17, 15) is 4.79 Å². The van der Waals surface area contributed by atoms with Gasteiger partial charge in [-0.05, 0) is 30.7 Å². The van der Waals surface area contributed by atoms with E-state index in [0.717, 1.165) is 29.4 Å². The van der Waals surface area contributed by atoms with Crippen molar-refractivity contribution in [1.29, 1.82) is 0 Å². The maximum atomic E-state index is 10.9. The molecule has 2 aromatic rings. The number of carbonyl (C=O) groups excluding carboxylic acids is 1. The van der Waals surface area contributed by atoms with E-state index in [4.69, 9.17) is 0 Å². The summed E-state index contributed by atoms with van der Waals surface area (Å²) in [4.78, 5) is 10.9. The Hall–Kier alpha value is -1.09. The Morgan fingerprint density at radius 2 is 2.27 bits per heavy atom.